The van der Waals surface area contributed by atoms with E-state index in [1.54, 1.807) is 35.7 Å². The molecule has 5 N–H and O–H groups in total. The molecule has 62 valence electrons. The van der Waals surface area contributed by atoms with Crippen molar-refractivity contribution in [1.82, 2.24) is 0 Å². The molecule has 0 aromatic carbocycles. The lowest BCUT2D eigenvalue weighted by atomic mass is 10.2. The van der Waals surface area contributed by atoms with Gasteiger partial charge in [0.2, 0.25) is 6.10 Å². The van der Waals surface area contributed by atoms with Crippen LogP contribution < -0.4 is 10.6 Å². The minimum absolute atomic E-state index is 0.588. The van der Waals surface area contributed by atoms with Crippen LogP contribution in [0.2, 0.25) is 0 Å². The first-order valence-electron chi connectivity index (χ1n) is 3.69. The molecule has 0 unspecified atom stereocenters. The van der Waals surface area contributed by atoms with Gasteiger partial charge in [-0.3, -0.25) is 10.6 Å². The van der Waals surface area contributed by atoms with Crippen molar-refractivity contribution >= 4 is 12.7 Å². The highest BCUT2D eigenvalue weighted by molar-refractivity contribution is 5.50. The zero-order valence-corrected chi connectivity index (χ0v) is 6.38. The summed E-state index contributed by atoms with van der Waals surface area (Å²) in [6.45, 7) is 0. The van der Waals surface area contributed by atoms with Gasteiger partial charge < -0.3 is 5.11 Å². The summed E-state index contributed by atoms with van der Waals surface area (Å²) in [5, 5.41) is 13.3. The quantitative estimate of drug-likeness (QED) is 0.408. The predicted octanol–water partition coefficient (Wildman–Crippen LogP) is -2.76. The summed E-state index contributed by atoms with van der Waals surface area (Å²) in [6.07, 6.45) is 6.04. The van der Waals surface area contributed by atoms with Crippen molar-refractivity contribution in [1.29, 1.82) is 0 Å². The van der Waals surface area contributed by atoms with Crippen molar-refractivity contribution in [2.24, 2.45) is 9.98 Å². The lowest BCUT2D eigenvalue weighted by Gasteiger charge is -2.04. The van der Waals surface area contributed by atoms with E-state index in [9.17, 15) is 5.11 Å². The van der Waals surface area contributed by atoms with E-state index in [1.165, 1.54) is 0 Å². The highest BCUT2D eigenvalue weighted by Gasteiger charge is 2.25. The molecule has 0 aromatic heterocycles. The molecule has 2 rings (SSSR count). The van der Waals surface area contributed by atoms with Crippen LogP contribution in [0, 0.1) is 0 Å². The Hall–Kier alpha value is -1.30. The number of nitrogens with two attached hydrogens (primary N) is 2. The van der Waals surface area contributed by atoms with Crippen LogP contribution in [0.4, 0.5) is 0 Å². The maximum Gasteiger partial charge on any atom is 0.206 e. The topological polar surface area (TPSA) is 78.2 Å². The number of hydrogen-bond acceptors (Lipinski definition) is 3. The number of hydrogen-bond donors (Lipinski definition) is 3. The molecule has 0 fully saturated rings. The minimum Gasteiger partial charge on any atom is -0.374 e. The summed E-state index contributed by atoms with van der Waals surface area (Å²) < 4.78 is 0. The fourth-order valence-electron chi connectivity index (χ4n) is 1.12. The van der Waals surface area contributed by atoms with Crippen molar-refractivity contribution < 1.29 is 15.7 Å². The van der Waals surface area contributed by atoms with Gasteiger partial charge in [-0.25, -0.2) is 9.98 Å². The molecule has 2 aliphatic rings. The molecule has 5 heteroatoms. The molecule has 0 atom stereocenters. The van der Waals surface area contributed by atoms with Crippen LogP contribution in [0.15, 0.2) is 33.8 Å². The average Bonchev–Trinajstić information content (AvgIpc) is 2.77. The second kappa shape index (κ2) is 2.98. The number of aliphatic hydroxyl groups excluding tert-OH is 1. The Kier molecular flexibility index (Phi) is 1.83. The SMILES string of the molecule is OC(C1=CN=C[NH2+]1)C1=CN=C[NH2+]1. The normalized spacial score (nSPS) is 20.5. The van der Waals surface area contributed by atoms with Crippen molar-refractivity contribution in [2.75, 3.05) is 0 Å². The van der Waals surface area contributed by atoms with E-state index >= 15 is 0 Å². The predicted molar refractivity (Wildman–Crippen MR) is 43.0 cm³/mol. The maximum atomic E-state index is 9.69. The molecule has 0 radical (unpaired) electrons. The van der Waals surface area contributed by atoms with E-state index in [0.29, 0.717) is 0 Å². The van der Waals surface area contributed by atoms with Gasteiger partial charge in [0.25, 0.3) is 0 Å². The highest BCUT2D eigenvalue weighted by atomic mass is 16.3. The van der Waals surface area contributed by atoms with Gasteiger partial charge in [0, 0.05) is 0 Å². The van der Waals surface area contributed by atoms with E-state index < -0.39 is 6.10 Å². The zero-order chi connectivity index (χ0) is 8.39. The second-order valence-corrected chi connectivity index (χ2v) is 2.59. The van der Waals surface area contributed by atoms with Crippen LogP contribution in [-0.2, 0) is 0 Å². The van der Waals surface area contributed by atoms with Crippen molar-refractivity contribution in [3.63, 3.8) is 0 Å². The van der Waals surface area contributed by atoms with Crippen LogP contribution in [0.5, 0.6) is 0 Å². The lowest BCUT2D eigenvalue weighted by Crippen LogP contribution is -2.86. The standard InChI is InChI=1S/C7H8N4O/c12-7(5-1-8-3-10-5)6-2-9-4-11-6/h1-4,7,12H,(H,8,10)(H,9,11)/p+2. The Bertz CT molecular complexity index is 273. The molecule has 0 aliphatic carbocycles. The molecule has 0 saturated carbocycles. The number of quaternary nitrogens is 2. The summed E-state index contributed by atoms with van der Waals surface area (Å²) in [4.78, 5) is 7.75. The second-order valence-electron chi connectivity index (χ2n) is 2.59. The molecule has 2 aliphatic heterocycles. The largest absolute Gasteiger partial charge is 0.374 e. The summed E-state index contributed by atoms with van der Waals surface area (Å²) in [7, 11) is 0. The van der Waals surface area contributed by atoms with E-state index in [-0.39, 0.29) is 0 Å². The van der Waals surface area contributed by atoms with Gasteiger partial charge in [0.1, 0.15) is 0 Å². The molecule has 0 aromatic rings. The minimum atomic E-state index is -0.588. The molecule has 0 amide bonds. The maximum absolute atomic E-state index is 9.69. The smallest absolute Gasteiger partial charge is 0.206 e. The first kappa shape index (κ1) is 7.35. The number of aliphatic imine (C=N–C) groups is 2. The molecule has 2 heterocycles. The summed E-state index contributed by atoms with van der Waals surface area (Å²) in [5.41, 5.74) is 1.62. The van der Waals surface area contributed by atoms with Gasteiger partial charge in [0.15, 0.2) is 24.1 Å². The molecule has 12 heavy (non-hydrogen) atoms. The third-order valence-corrected chi connectivity index (χ3v) is 1.78. The van der Waals surface area contributed by atoms with E-state index in [0.717, 1.165) is 11.4 Å². The summed E-state index contributed by atoms with van der Waals surface area (Å²) in [6, 6.07) is 0. The third kappa shape index (κ3) is 1.20. The van der Waals surface area contributed by atoms with Crippen LogP contribution in [0.25, 0.3) is 0 Å². The fraction of sp³-hybridized carbons (Fsp3) is 0.143. The Morgan fingerprint density at radius 2 is 1.58 bits per heavy atom. The zero-order valence-electron chi connectivity index (χ0n) is 6.38. The average molecular weight is 166 g/mol. The monoisotopic (exact) mass is 166 g/mol. The van der Waals surface area contributed by atoms with Crippen molar-refractivity contribution in [2.45, 2.75) is 6.10 Å². The Morgan fingerprint density at radius 3 is 1.92 bits per heavy atom. The van der Waals surface area contributed by atoms with E-state index in [2.05, 4.69) is 9.98 Å². The van der Waals surface area contributed by atoms with Crippen molar-refractivity contribution in [3.05, 3.63) is 23.8 Å². The molecular formula is C7H10N4O+2. The third-order valence-electron chi connectivity index (χ3n) is 1.78. The Labute approximate surface area is 69.2 Å². The lowest BCUT2D eigenvalue weighted by molar-refractivity contribution is -0.506. The number of rotatable bonds is 2. The van der Waals surface area contributed by atoms with Crippen LogP contribution in [0.3, 0.4) is 0 Å². The molecule has 0 saturated heterocycles. The van der Waals surface area contributed by atoms with Gasteiger partial charge in [-0.05, 0) is 0 Å². The van der Waals surface area contributed by atoms with Crippen LogP contribution >= 0.6 is 0 Å². The van der Waals surface area contributed by atoms with Gasteiger partial charge >= 0.3 is 0 Å². The Morgan fingerprint density at radius 1 is 1.08 bits per heavy atom. The van der Waals surface area contributed by atoms with Gasteiger partial charge in [-0.2, -0.15) is 0 Å². The molecule has 0 spiro atoms. The van der Waals surface area contributed by atoms with Crippen molar-refractivity contribution in [3.8, 4) is 0 Å². The van der Waals surface area contributed by atoms with E-state index in [1.807, 2.05) is 0 Å². The molecule has 0 bridgehead atoms. The summed E-state index contributed by atoms with van der Waals surface area (Å²) in [5.74, 6) is 0. The first-order valence-corrected chi connectivity index (χ1v) is 3.69. The Balaban J connectivity index is 2.05. The van der Waals surface area contributed by atoms with E-state index in [4.69, 9.17) is 0 Å². The van der Waals surface area contributed by atoms with Gasteiger partial charge in [0.05, 0.1) is 12.4 Å². The van der Waals surface area contributed by atoms with Gasteiger partial charge in [-0.1, -0.05) is 0 Å². The first-order chi connectivity index (χ1) is 5.88. The number of nitrogens with zero attached hydrogens (tertiary/aromatic N) is 2. The fourth-order valence-corrected chi connectivity index (χ4v) is 1.12. The molecular weight excluding hydrogens is 156 g/mol. The summed E-state index contributed by atoms with van der Waals surface area (Å²) >= 11 is 0. The van der Waals surface area contributed by atoms with Crippen LogP contribution in [-0.4, -0.2) is 23.9 Å². The van der Waals surface area contributed by atoms with Gasteiger partial charge in [-0.15, -0.1) is 0 Å². The highest BCUT2D eigenvalue weighted by Crippen LogP contribution is 2.03. The van der Waals surface area contributed by atoms with Crippen LogP contribution in [0.1, 0.15) is 0 Å². The molecule has 5 nitrogen and oxygen atoms in total. The number of aliphatic hydroxyl groups is 1.